The summed E-state index contributed by atoms with van der Waals surface area (Å²) < 4.78 is 6.40. The summed E-state index contributed by atoms with van der Waals surface area (Å²) in [5.41, 5.74) is 0.685. The van der Waals surface area contributed by atoms with Gasteiger partial charge in [-0.2, -0.15) is 0 Å². The lowest BCUT2D eigenvalue weighted by atomic mass is 10.2. The summed E-state index contributed by atoms with van der Waals surface area (Å²) in [7, 11) is 0. The van der Waals surface area contributed by atoms with Crippen LogP contribution in [0.15, 0.2) is 28.7 Å². The van der Waals surface area contributed by atoms with Crippen molar-refractivity contribution in [3.8, 4) is 0 Å². The summed E-state index contributed by atoms with van der Waals surface area (Å²) in [6.45, 7) is 4.32. The molecule has 1 amide bonds. The second-order valence-corrected chi connectivity index (χ2v) is 5.00. The van der Waals surface area contributed by atoms with Gasteiger partial charge < -0.3 is 10.1 Å². The third-order valence-electron chi connectivity index (χ3n) is 2.50. The number of benzene rings is 1. The van der Waals surface area contributed by atoms with Crippen molar-refractivity contribution < 1.29 is 9.53 Å². The fraction of sp³-hybridized carbons (Fsp3) is 0.500. The van der Waals surface area contributed by atoms with Gasteiger partial charge in [-0.1, -0.05) is 29.3 Å². The molecule has 0 atom stereocenters. The van der Waals surface area contributed by atoms with Crippen molar-refractivity contribution in [2.24, 2.45) is 0 Å². The van der Waals surface area contributed by atoms with Crippen molar-refractivity contribution in [1.82, 2.24) is 5.32 Å². The minimum absolute atomic E-state index is 0.0314. The van der Waals surface area contributed by atoms with Gasteiger partial charge in [-0.25, -0.2) is 0 Å². The van der Waals surface area contributed by atoms with Gasteiger partial charge in [0, 0.05) is 29.8 Å². The Morgan fingerprint density at radius 3 is 2.56 bits per heavy atom. The number of hydrogen-bond donors (Lipinski definition) is 1. The van der Waals surface area contributed by atoms with Crippen molar-refractivity contribution in [2.45, 2.75) is 26.2 Å². The number of ether oxygens (including phenoxy) is 1. The predicted molar refractivity (Wildman–Crippen MR) is 76.8 cm³/mol. The van der Waals surface area contributed by atoms with E-state index in [1.807, 2.05) is 12.1 Å². The first-order valence-electron chi connectivity index (χ1n) is 6.35. The van der Waals surface area contributed by atoms with Crippen LogP contribution in [0.25, 0.3) is 0 Å². The maximum absolute atomic E-state index is 11.7. The minimum Gasteiger partial charge on any atom is -0.381 e. The number of halogens is 1. The Labute approximate surface area is 117 Å². The quantitative estimate of drug-likeness (QED) is 0.747. The first kappa shape index (κ1) is 15.2. The molecule has 0 fully saturated rings. The summed E-state index contributed by atoms with van der Waals surface area (Å²) in [4.78, 5) is 11.7. The van der Waals surface area contributed by atoms with Crippen LogP contribution in [0.4, 0.5) is 0 Å². The van der Waals surface area contributed by atoms with E-state index in [0.29, 0.717) is 18.7 Å². The van der Waals surface area contributed by atoms with Crippen molar-refractivity contribution in [3.63, 3.8) is 0 Å². The fourth-order valence-corrected chi connectivity index (χ4v) is 1.69. The van der Waals surface area contributed by atoms with Gasteiger partial charge in [0.25, 0.3) is 5.91 Å². The fourth-order valence-electron chi connectivity index (χ4n) is 1.43. The minimum atomic E-state index is -0.0314. The van der Waals surface area contributed by atoms with E-state index < -0.39 is 0 Å². The number of nitrogens with one attached hydrogen (secondary N) is 1. The zero-order chi connectivity index (χ0) is 13.2. The third kappa shape index (κ3) is 6.17. The molecule has 0 spiro atoms. The summed E-state index contributed by atoms with van der Waals surface area (Å²) in [6, 6.07) is 7.33. The number of carbonyl (C=O) groups excluding carboxylic acids is 1. The van der Waals surface area contributed by atoms with Crippen LogP contribution in [-0.4, -0.2) is 25.7 Å². The van der Waals surface area contributed by atoms with Crippen LogP contribution in [-0.2, 0) is 4.74 Å². The topological polar surface area (TPSA) is 38.3 Å². The number of unbranched alkanes of at least 4 members (excludes halogenated alkanes) is 1. The Morgan fingerprint density at radius 1 is 1.22 bits per heavy atom. The van der Waals surface area contributed by atoms with Crippen LogP contribution in [0, 0.1) is 0 Å². The SMILES string of the molecule is CCCCOCCCNC(=O)c1ccc(Br)cc1. The lowest BCUT2D eigenvalue weighted by Crippen LogP contribution is -2.25. The van der Waals surface area contributed by atoms with Gasteiger partial charge in [0.2, 0.25) is 0 Å². The predicted octanol–water partition coefficient (Wildman–Crippen LogP) is 3.39. The summed E-state index contributed by atoms with van der Waals surface area (Å²) >= 11 is 3.34. The van der Waals surface area contributed by atoms with E-state index in [1.165, 1.54) is 0 Å². The van der Waals surface area contributed by atoms with E-state index in [0.717, 1.165) is 30.3 Å². The van der Waals surface area contributed by atoms with E-state index in [4.69, 9.17) is 4.74 Å². The smallest absolute Gasteiger partial charge is 0.251 e. The molecule has 0 aliphatic rings. The standard InChI is InChI=1S/C14H20BrNO2/c1-2-3-10-18-11-4-9-16-14(17)12-5-7-13(15)8-6-12/h5-8H,2-4,9-11H2,1H3,(H,16,17). The molecule has 0 saturated carbocycles. The van der Waals surface area contributed by atoms with Gasteiger partial charge >= 0.3 is 0 Å². The summed E-state index contributed by atoms with van der Waals surface area (Å²) in [6.07, 6.45) is 3.11. The summed E-state index contributed by atoms with van der Waals surface area (Å²) in [5, 5.41) is 2.88. The molecular formula is C14H20BrNO2. The average Bonchev–Trinajstić information content (AvgIpc) is 2.38. The molecule has 0 aliphatic heterocycles. The number of rotatable bonds is 8. The van der Waals surface area contributed by atoms with Crippen molar-refractivity contribution in [1.29, 1.82) is 0 Å². The second kappa shape index (κ2) is 9.11. The van der Waals surface area contributed by atoms with Crippen LogP contribution in [0.5, 0.6) is 0 Å². The van der Waals surface area contributed by atoms with Crippen molar-refractivity contribution in [3.05, 3.63) is 34.3 Å². The number of carbonyl (C=O) groups is 1. The van der Waals surface area contributed by atoms with Gasteiger partial charge in [-0.15, -0.1) is 0 Å². The van der Waals surface area contributed by atoms with Gasteiger partial charge in [-0.3, -0.25) is 4.79 Å². The molecule has 1 aromatic rings. The summed E-state index contributed by atoms with van der Waals surface area (Å²) in [5.74, 6) is -0.0314. The Kier molecular flexibility index (Phi) is 7.69. The van der Waals surface area contributed by atoms with E-state index in [1.54, 1.807) is 12.1 Å². The van der Waals surface area contributed by atoms with Crippen LogP contribution >= 0.6 is 15.9 Å². The highest BCUT2D eigenvalue weighted by molar-refractivity contribution is 9.10. The highest BCUT2D eigenvalue weighted by atomic mass is 79.9. The molecule has 1 aromatic carbocycles. The highest BCUT2D eigenvalue weighted by Gasteiger charge is 2.03. The number of hydrogen-bond acceptors (Lipinski definition) is 2. The molecule has 3 nitrogen and oxygen atoms in total. The van der Waals surface area contributed by atoms with Gasteiger partial charge in [0.1, 0.15) is 0 Å². The molecule has 1 N–H and O–H groups in total. The molecule has 4 heteroatoms. The van der Waals surface area contributed by atoms with Crippen molar-refractivity contribution in [2.75, 3.05) is 19.8 Å². The normalized spacial score (nSPS) is 10.3. The van der Waals surface area contributed by atoms with Gasteiger partial charge in [-0.05, 0) is 37.1 Å². The lowest BCUT2D eigenvalue weighted by molar-refractivity contribution is 0.0940. The van der Waals surface area contributed by atoms with E-state index >= 15 is 0 Å². The zero-order valence-electron chi connectivity index (χ0n) is 10.7. The van der Waals surface area contributed by atoms with Crippen LogP contribution < -0.4 is 5.32 Å². The molecule has 0 radical (unpaired) electrons. The van der Waals surface area contributed by atoms with Crippen LogP contribution in [0.2, 0.25) is 0 Å². The first-order chi connectivity index (χ1) is 8.74. The molecule has 100 valence electrons. The van der Waals surface area contributed by atoms with E-state index in [2.05, 4.69) is 28.2 Å². The monoisotopic (exact) mass is 313 g/mol. The van der Waals surface area contributed by atoms with Crippen LogP contribution in [0.3, 0.4) is 0 Å². The third-order valence-corrected chi connectivity index (χ3v) is 3.03. The van der Waals surface area contributed by atoms with Crippen molar-refractivity contribution >= 4 is 21.8 Å². The Hall–Kier alpha value is -0.870. The molecule has 1 rings (SSSR count). The molecule has 0 aliphatic carbocycles. The number of amides is 1. The van der Waals surface area contributed by atoms with Gasteiger partial charge in [0.15, 0.2) is 0 Å². The van der Waals surface area contributed by atoms with E-state index in [-0.39, 0.29) is 5.91 Å². The van der Waals surface area contributed by atoms with Gasteiger partial charge in [0.05, 0.1) is 0 Å². The highest BCUT2D eigenvalue weighted by Crippen LogP contribution is 2.10. The van der Waals surface area contributed by atoms with E-state index in [9.17, 15) is 4.79 Å². The molecule has 0 bridgehead atoms. The maximum Gasteiger partial charge on any atom is 0.251 e. The first-order valence-corrected chi connectivity index (χ1v) is 7.15. The Balaban J connectivity index is 2.12. The zero-order valence-corrected chi connectivity index (χ0v) is 12.3. The molecule has 0 unspecified atom stereocenters. The molecule has 0 saturated heterocycles. The maximum atomic E-state index is 11.7. The Morgan fingerprint density at radius 2 is 1.89 bits per heavy atom. The lowest BCUT2D eigenvalue weighted by Gasteiger charge is -2.06. The molecule has 18 heavy (non-hydrogen) atoms. The average molecular weight is 314 g/mol. The second-order valence-electron chi connectivity index (χ2n) is 4.08. The Bertz CT molecular complexity index is 351. The van der Waals surface area contributed by atoms with Crippen LogP contribution in [0.1, 0.15) is 36.5 Å². The molecular weight excluding hydrogens is 294 g/mol. The molecule has 0 aromatic heterocycles. The molecule has 0 heterocycles. The largest absolute Gasteiger partial charge is 0.381 e.